The van der Waals surface area contributed by atoms with Gasteiger partial charge in [-0.2, -0.15) is 0 Å². The van der Waals surface area contributed by atoms with Crippen LogP contribution in [0.25, 0.3) is 0 Å². The summed E-state index contributed by atoms with van der Waals surface area (Å²) in [6, 6.07) is 6.59. The van der Waals surface area contributed by atoms with Gasteiger partial charge in [-0.25, -0.2) is 0 Å². The highest BCUT2D eigenvalue weighted by Crippen LogP contribution is 2.45. The number of fused-ring (bicyclic) bond motifs is 1. The molecule has 1 aromatic rings. The normalized spacial score (nSPS) is 29.9. The Hall–Kier alpha value is -1.02. The van der Waals surface area contributed by atoms with Crippen molar-refractivity contribution in [2.45, 2.75) is 58.4 Å². The van der Waals surface area contributed by atoms with Crippen LogP contribution in [0.1, 0.15) is 57.6 Å². The third-order valence-corrected chi connectivity index (χ3v) is 5.37. The van der Waals surface area contributed by atoms with Gasteiger partial charge in [0.2, 0.25) is 0 Å². The van der Waals surface area contributed by atoms with Crippen molar-refractivity contribution >= 4 is 0 Å². The van der Waals surface area contributed by atoms with Gasteiger partial charge in [0.1, 0.15) is 5.75 Å². The fourth-order valence-electron chi connectivity index (χ4n) is 3.78. The van der Waals surface area contributed by atoms with E-state index in [0.717, 1.165) is 37.5 Å². The topological polar surface area (TPSA) is 35.2 Å². The van der Waals surface area contributed by atoms with Crippen LogP contribution in [0, 0.1) is 11.3 Å². The summed E-state index contributed by atoms with van der Waals surface area (Å²) in [6.07, 6.45) is 5.73. The lowest BCUT2D eigenvalue weighted by molar-refractivity contribution is 0.134. The van der Waals surface area contributed by atoms with Crippen LogP contribution in [0.4, 0.5) is 0 Å². The highest BCUT2D eigenvalue weighted by molar-refractivity contribution is 5.42. The monoisotopic (exact) mass is 273 g/mol. The summed E-state index contributed by atoms with van der Waals surface area (Å²) in [6.45, 7) is 7.89. The molecule has 1 fully saturated rings. The third-order valence-electron chi connectivity index (χ3n) is 5.37. The molecule has 0 saturated heterocycles. The van der Waals surface area contributed by atoms with Gasteiger partial charge in [-0.15, -0.1) is 0 Å². The Morgan fingerprint density at radius 2 is 1.90 bits per heavy atom. The van der Waals surface area contributed by atoms with Gasteiger partial charge in [0.15, 0.2) is 0 Å². The summed E-state index contributed by atoms with van der Waals surface area (Å²) >= 11 is 0. The van der Waals surface area contributed by atoms with Gasteiger partial charge in [-0.1, -0.05) is 32.9 Å². The molecule has 2 aliphatic rings. The number of benzene rings is 1. The van der Waals surface area contributed by atoms with Crippen molar-refractivity contribution in [2.75, 3.05) is 6.61 Å². The molecule has 0 amide bonds. The van der Waals surface area contributed by atoms with Crippen molar-refractivity contribution in [3.63, 3.8) is 0 Å². The Kier molecular flexibility index (Phi) is 3.32. The molecular formula is C18H27NO. The van der Waals surface area contributed by atoms with Gasteiger partial charge in [0.25, 0.3) is 0 Å². The summed E-state index contributed by atoms with van der Waals surface area (Å²) in [7, 11) is 0. The van der Waals surface area contributed by atoms with Gasteiger partial charge in [0, 0.05) is 12.0 Å². The lowest BCUT2D eigenvalue weighted by Crippen LogP contribution is -2.42. The number of hydrogen-bond acceptors (Lipinski definition) is 2. The van der Waals surface area contributed by atoms with E-state index in [4.69, 9.17) is 10.5 Å². The Labute approximate surface area is 122 Å². The maximum atomic E-state index is 6.74. The molecule has 2 heteroatoms. The number of rotatable bonds is 1. The minimum atomic E-state index is -0.126. The predicted molar refractivity (Wildman–Crippen MR) is 82.9 cm³/mol. The largest absolute Gasteiger partial charge is 0.493 e. The molecule has 20 heavy (non-hydrogen) atoms. The first-order valence-corrected chi connectivity index (χ1v) is 7.94. The van der Waals surface area contributed by atoms with E-state index in [2.05, 4.69) is 39.0 Å². The smallest absolute Gasteiger partial charge is 0.122 e. The Morgan fingerprint density at radius 1 is 1.20 bits per heavy atom. The average molecular weight is 273 g/mol. The van der Waals surface area contributed by atoms with E-state index in [1.807, 2.05) is 0 Å². The number of nitrogens with two attached hydrogens (primary N) is 1. The molecule has 3 rings (SSSR count). The zero-order chi connectivity index (χ0) is 14.4. The summed E-state index contributed by atoms with van der Waals surface area (Å²) in [5, 5.41) is 0. The van der Waals surface area contributed by atoms with Gasteiger partial charge in [-0.05, 0) is 54.2 Å². The molecule has 2 N–H and O–H groups in total. The maximum absolute atomic E-state index is 6.74. The Morgan fingerprint density at radius 3 is 2.55 bits per heavy atom. The van der Waals surface area contributed by atoms with Crippen molar-refractivity contribution in [3.8, 4) is 5.75 Å². The van der Waals surface area contributed by atoms with E-state index >= 15 is 0 Å². The SMILES string of the molecule is CC(C)(C)C1CCC(N)(c2ccc3c(c2)CCO3)CC1. The van der Waals surface area contributed by atoms with E-state index in [1.54, 1.807) is 0 Å². The second-order valence-electron chi connectivity index (χ2n) is 7.72. The van der Waals surface area contributed by atoms with Crippen molar-refractivity contribution in [1.29, 1.82) is 0 Å². The standard InChI is InChI=1S/C18H27NO/c1-17(2,3)14-6-9-18(19,10-7-14)15-4-5-16-13(12-15)8-11-20-16/h4-5,12,14H,6-11,19H2,1-3H3. The molecule has 0 bridgehead atoms. The van der Waals surface area contributed by atoms with Gasteiger partial charge in [0.05, 0.1) is 6.61 Å². The zero-order valence-electron chi connectivity index (χ0n) is 13.0. The highest BCUT2D eigenvalue weighted by atomic mass is 16.5. The average Bonchev–Trinajstić information content (AvgIpc) is 2.85. The molecule has 0 radical (unpaired) electrons. The van der Waals surface area contributed by atoms with Crippen LogP contribution in [0.15, 0.2) is 18.2 Å². The Bertz CT molecular complexity index is 493. The molecule has 1 aliphatic heterocycles. The molecule has 110 valence electrons. The van der Waals surface area contributed by atoms with Crippen LogP contribution in [0.2, 0.25) is 0 Å². The minimum Gasteiger partial charge on any atom is -0.493 e. The van der Waals surface area contributed by atoms with Crippen LogP contribution < -0.4 is 10.5 Å². The first-order valence-electron chi connectivity index (χ1n) is 7.94. The quantitative estimate of drug-likeness (QED) is 0.839. The molecule has 1 saturated carbocycles. The molecule has 0 aromatic heterocycles. The van der Waals surface area contributed by atoms with E-state index < -0.39 is 0 Å². The lowest BCUT2D eigenvalue weighted by atomic mass is 9.66. The van der Waals surface area contributed by atoms with Crippen LogP contribution in [0.3, 0.4) is 0 Å². The van der Waals surface area contributed by atoms with Crippen molar-refractivity contribution < 1.29 is 4.74 Å². The first kappa shape index (κ1) is 13.9. The van der Waals surface area contributed by atoms with Crippen molar-refractivity contribution in [2.24, 2.45) is 17.1 Å². The van der Waals surface area contributed by atoms with E-state index in [1.165, 1.54) is 24.0 Å². The van der Waals surface area contributed by atoms with E-state index in [0.29, 0.717) is 5.41 Å². The molecule has 0 atom stereocenters. The maximum Gasteiger partial charge on any atom is 0.122 e. The number of hydrogen-bond donors (Lipinski definition) is 1. The van der Waals surface area contributed by atoms with E-state index in [9.17, 15) is 0 Å². The van der Waals surface area contributed by atoms with Gasteiger partial charge >= 0.3 is 0 Å². The Balaban J connectivity index is 1.77. The highest BCUT2D eigenvalue weighted by Gasteiger charge is 2.37. The summed E-state index contributed by atoms with van der Waals surface area (Å²) < 4.78 is 5.59. The third kappa shape index (κ3) is 2.46. The summed E-state index contributed by atoms with van der Waals surface area (Å²) in [5.74, 6) is 1.86. The molecule has 1 aromatic carbocycles. The zero-order valence-corrected chi connectivity index (χ0v) is 13.0. The van der Waals surface area contributed by atoms with Gasteiger partial charge < -0.3 is 10.5 Å². The van der Waals surface area contributed by atoms with Crippen LogP contribution >= 0.6 is 0 Å². The molecule has 0 unspecified atom stereocenters. The lowest BCUT2D eigenvalue weighted by Gasteiger charge is -2.42. The fourth-order valence-corrected chi connectivity index (χ4v) is 3.78. The van der Waals surface area contributed by atoms with Gasteiger partial charge in [-0.3, -0.25) is 0 Å². The van der Waals surface area contributed by atoms with Crippen molar-refractivity contribution in [3.05, 3.63) is 29.3 Å². The van der Waals surface area contributed by atoms with Crippen LogP contribution in [0.5, 0.6) is 5.75 Å². The number of ether oxygens (including phenoxy) is 1. The minimum absolute atomic E-state index is 0.126. The van der Waals surface area contributed by atoms with Crippen molar-refractivity contribution in [1.82, 2.24) is 0 Å². The molecule has 1 heterocycles. The second kappa shape index (κ2) is 4.77. The second-order valence-corrected chi connectivity index (χ2v) is 7.72. The van der Waals surface area contributed by atoms with E-state index in [-0.39, 0.29) is 5.54 Å². The van der Waals surface area contributed by atoms with Crippen LogP contribution in [-0.4, -0.2) is 6.61 Å². The molecule has 1 aliphatic carbocycles. The molecule has 2 nitrogen and oxygen atoms in total. The summed E-state index contributed by atoms with van der Waals surface area (Å²) in [5.41, 5.74) is 9.68. The predicted octanol–water partition coefficient (Wildman–Crippen LogP) is 4.01. The first-order chi connectivity index (χ1) is 9.38. The summed E-state index contributed by atoms with van der Waals surface area (Å²) in [4.78, 5) is 0. The molecular weight excluding hydrogens is 246 g/mol. The molecule has 0 spiro atoms. The fraction of sp³-hybridized carbons (Fsp3) is 0.667. The van der Waals surface area contributed by atoms with Crippen LogP contribution in [-0.2, 0) is 12.0 Å².